The summed E-state index contributed by atoms with van der Waals surface area (Å²) < 4.78 is 0. The summed E-state index contributed by atoms with van der Waals surface area (Å²) in [6.45, 7) is 11.4. The summed E-state index contributed by atoms with van der Waals surface area (Å²) in [4.78, 5) is 0. The molecule has 0 aliphatic heterocycles. The molecular formula is C19H24. The lowest BCUT2D eigenvalue weighted by Crippen LogP contribution is -2.02. The number of rotatable bonds is 3. The van der Waals surface area contributed by atoms with Crippen LogP contribution in [0.4, 0.5) is 0 Å². The minimum absolute atomic E-state index is 0.549. The zero-order valence-corrected chi connectivity index (χ0v) is 12.7. The minimum Gasteiger partial charge on any atom is -0.0622 e. The highest BCUT2D eigenvalue weighted by Gasteiger charge is 2.16. The van der Waals surface area contributed by atoms with Gasteiger partial charge in [0.25, 0.3) is 0 Å². The molecule has 0 aliphatic carbocycles. The van der Waals surface area contributed by atoms with Crippen molar-refractivity contribution < 1.29 is 0 Å². The van der Waals surface area contributed by atoms with Gasteiger partial charge in [-0.15, -0.1) is 0 Å². The molecule has 0 saturated heterocycles. The van der Waals surface area contributed by atoms with Crippen molar-refractivity contribution in [2.45, 2.75) is 46.5 Å². The fourth-order valence-electron chi connectivity index (χ4n) is 2.80. The molecule has 0 heteroatoms. The zero-order chi connectivity index (χ0) is 14.0. The predicted molar refractivity (Wildman–Crippen MR) is 84.8 cm³/mol. The molecule has 0 atom stereocenters. The van der Waals surface area contributed by atoms with Gasteiger partial charge in [-0.3, -0.25) is 0 Å². The minimum atomic E-state index is 0.549. The maximum atomic E-state index is 2.35. The highest BCUT2D eigenvalue weighted by atomic mass is 14.2. The normalized spacial score (nSPS) is 11.3. The third-order valence-corrected chi connectivity index (χ3v) is 3.64. The molecule has 0 radical (unpaired) electrons. The second kappa shape index (κ2) is 5.61. The van der Waals surface area contributed by atoms with Crippen LogP contribution in [-0.4, -0.2) is 0 Å². The highest BCUT2D eigenvalue weighted by Crippen LogP contribution is 2.36. The number of hydrogen-bond acceptors (Lipinski definition) is 0. The van der Waals surface area contributed by atoms with Gasteiger partial charge in [-0.2, -0.15) is 0 Å². The standard InChI is InChI=1S/C19H24/c1-13(2)17-11-15(5)12-18(19(17)14(3)4)16-9-7-6-8-10-16/h6-14H,1-5H3. The van der Waals surface area contributed by atoms with Gasteiger partial charge < -0.3 is 0 Å². The molecule has 100 valence electrons. The summed E-state index contributed by atoms with van der Waals surface area (Å²) in [6.07, 6.45) is 0. The first-order chi connectivity index (χ1) is 9.00. The van der Waals surface area contributed by atoms with Crippen LogP contribution >= 0.6 is 0 Å². The Labute approximate surface area is 117 Å². The Kier molecular flexibility index (Phi) is 4.09. The second-order valence-corrected chi connectivity index (χ2v) is 5.99. The van der Waals surface area contributed by atoms with E-state index in [2.05, 4.69) is 77.1 Å². The van der Waals surface area contributed by atoms with E-state index in [4.69, 9.17) is 0 Å². The Morgan fingerprint density at radius 3 is 1.95 bits per heavy atom. The summed E-state index contributed by atoms with van der Waals surface area (Å²) in [7, 11) is 0. The van der Waals surface area contributed by atoms with Crippen LogP contribution in [0.2, 0.25) is 0 Å². The van der Waals surface area contributed by atoms with Gasteiger partial charge in [-0.05, 0) is 41.0 Å². The fraction of sp³-hybridized carbons (Fsp3) is 0.368. The fourth-order valence-corrected chi connectivity index (χ4v) is 2.80. The molecule has 0 saturated carbocycles. The first kappa shape index (κ1) is 13.9. The topological polar surface area (TPSA) is 0 Å². The smallest absolute Gasteiger partial charge is 0.0144 e. The molecular weight excluding hydrogens is 228 g/mol. The van der Waals surface area contributed by atoms with Gasteiger partial charge in [0.1, 0.15) is 0 Å². The molecule has 0 N–H and O–H groups in total. The molecule has 0 aliphatic rings. The molecule has 19 heavy (non-hydrogen) atoms. The van der Waals surface area contributed by atoms with Crippen LogP contribution in [-0.2, 0) is 0 Å². The Morgan fingerprint density at radius 2 is 1.42 bits per heavy atom. The summed E-state index contributed by atoms with van der Waals surface area (Å²) in [5.41, 5.74) is 7.09. The third kappa shape index (κ3) is 2.89. The summed E-state index contributed by atoms with van der Waals surface area (Å²) in [6, 6.07) is 15.4. The molecule has 0 fully saturated rings. The van der Waals surface area contributed by atoms with E-state index in [9.17, 15) is 0 Å². The largest absolute Gasteiger partial charge is 0.0622 e. The average molecular weight is 252 g/mol. The van der Waals surface area contributed by atoms with E-state index >= 15 is 0 Å². The van der Waals surface area contributed by atoms with Crippen molar-refractivity contribution >= 4 is 0 Å². The Hall–Kier alpha value is -1.56. The van der Waals surface area contributed by atoms with Crippen molar-refractivity contribution in [2.75, 3.05) is 0 Å². The second-order valence-electron chi connectivity index (χ2n) is 5.99. The molecule has 2 aromatic rings. The van der Waals surface area contributed by atoms with Crippen molar-refractivity contribution in [1.29, 1.82) is 0 Å². The van der Waals surface area contributed by atoms with Gasteiger partial charge in [-0.25, -0.2) is 0 Å². The van der Waals surface area contributed by atoms with Gasteiger partial charge >= 0.3 is 0 Å². The van der Waals surface area contributed by atoms with Crippen LogP contribution in [0.25, 0.3) is 11.1 Å². The first-order valence-corrected chi connectivity index (χ1v) is 7.20. The summed E-state index contributed by atoms with van der Waals surface area (Å²) in [5, 5.41) is 0. The van der Waals surface area contributed by atoms with E-state index in [1.165, 1.54) is 27.8 Å². The Morgan fingerprint density at radius 1 is 0.789 bits per heavy atom. The van der Waals surface area contributed by atoms with Crippen LogP contribution < -0.4 is 0 Å². The van der Waals surface area contributed by atoms with Crippen LogP contribution in [0.1, 0.15) is 56.2 Å². The molecule has 0 amide bonds. The van der Waals surface area contributed by atoms with Crippen LogP contribution in [0, 0.1) is 6.92 Å². The van der Waals surface area contributed by atoms with Crippen molar-refractivity contribution in [3.05, 3.63) is 59.2 Å². The van der Waals surface area contributed by atoms with E-state index in [1.54, 1.807) is 0 Å². The van der Waals surface area contributed by atoms with Gasteiger partial charge in [0.15, 0.2) is 0 Å². The van der Waals surface area contributed by atoms with E-state index in [-0.39, 0.29) is 0 Å². The summed E-state index contributed by atoms with van der Waals surface area (Å²) >= 11 is 0. The van der Waals surface area contributed by atoms with E-state index in [1.807, 2.05) is 0 Å². The van der Waals surface area contributed by atoms with E-state index < -0.39 is 0 Å². The first-order valence-electron chi connectivity index (χ1n) is 7.20. The van der Waals surface area contributed by atoms with Gasteiger partial charge in [-0.1, -0.05) is 75.7 Å². The lowest BCUT2D eigenvalue weighted by molar-refractivity contribution is 0.790. The monoisotopic (exact) mass is 252 g/mol. The quantitative estimate of drug-likeness (QED) is 0.637. The molecule has 2 rings (SSSR count). The predicted octanol–water partition coefficient (Wildman–Crippen LogP) is 5.91. The summed E-state index contributed by atoms with van der Waals surface area (Å²) in [5.74, 6) is 1.12. The Balaban J connectivity index is 2.72. The van der Waals surface area contributed by atoms with Gasteiger partial charge in [0.2, 0.25) is 0 Å². The van der Waals surface area contributed by atoms with Crippen molar-refractivity contribution in [3.8, 4) is 11.1 Å². The maximum absolute atomic E-state index is 2.35. The molecule has 0 nitrogen and oxygen atoms in total. The lowest BCUT2D eigenvalue weighted by Gasteiger charge is -2.21. The molecule has 0 aromatic heterocycles. The maximum Gasteiger partial charge on any atom is -0.0144 e. The molecule has 0 heterocycles. The average Bonchev–Trinajstić information content (AvgIpc) is 2.38. The number of benzene rings is 2. The van der Waals surface area contributed by atoms with Crippen LogP contribution in [0.5, 0.6) is 0 Å². The lowest BCUT2D eigenvalue weighted by atomic mass is 9.83. The molecule has 0 unspecified atom stereocenters. The zero-order valence-electron chi connectivity index (χ0n) is 12.7. The number of hydrogen-bond donors (Lipinski definition) is 0. The van der Waals surface area contributed by atoms with Crippen molar-refractivity contribution in [2.24, 2.45) is 0 Å². The van der Waals surface area contributed by atoms with E-state index in [0.29, 0.717) is 11.8 Å². The highest BCUT2D eigenvalue weighted by molar-refractivity contribution is 5.70. The van der Waals surface area contributed by atoms with Gasteiger partial charge in [0.05, 0.1) is 0 Å². The number of aryl methyl sites for hydroxylation is 1. The van der Waals surface area contributed by atoms with Crippen molar-refractivity contribution in [3.63, 3.8) is 0 Å². The van der Waals surface area contributed by atoms with Crippen molar-refractivity contribution in [1.82, 2.24) is 0 Å². The molecule has 2 aromatic carbocycles. The SMILES string of the molecule is Cc1cc(-c2ccccc2)c(C(C)C)c(C(C)C)c1. The van der Waals surface area contributed by atoms with E-state index in [0.717, 1.165) is 0 Å². The molecule has 0 bridgehead atoms. The van der Waals surface area contributed by atoms with Gasteiger partial charge in [0, 0.05) is 0 Å². The van der Waals surface area contributed by atoms with Crippen LogP contribution in [0.3, 0.4) is 0 Å². The third-order valence-electron chi connectivity index (χ3n) is 3.64. The Bertz CT molecular complexity index is 548. The molecule has 0 spiro atoms. The van der Waals surface area contributed by atoms with Crippen LogP contribution in [0.15, 0.2) is 42.5 Å².